The summed E-state index contributed by atoms with van der Waals surface area (Å²) in [6, 6.07) is 14.5. The lowest BCUT2D eigenvalue weighted by atomic mass is 9.95. The minimum atomic E-state index is -0.976. The van der Waals surface area contributed by atoms with Crippen molar-refractivity contribution in [1.82, 2.24) is 44.3 Å². The Labute approximate surface area is 369 Å². The molecule has 3 saturated heterocycles. The van der Waals surface area contributed by atoms with Crippen LogP contribution in [-0.2, 0) is 22.7 Å². The molecule has 7 heterocycles. The first kappa shape index (κ1) is 42.3. The SMILES string of the molecule is C[C@@H](Oc1cc(-c2c(C#N)ncn2Cc2cnn(CCN3CCN(CC4CCN(c5ccc6c(c5)C(=O)N(C5CCC(=O)NC5=O)C6=O)CC4)CC3)c2)cnc1N)c1cccc(F)c1. The van der Waals surface area contributed by atoms with E-state index in [1.165, 1.54) is 12.1 Å². The van der Waals surface area contributed by atoms with Gasteiger partial charge in [-0.05, 0) is 74.1 Å². The number of piperazine rings is 1. The van der Waals surface area contributed by atoms with Gasteiger partial charge in [0.25, 0.3) is 11.8 Å². The Balaban J connectivity index is 0.732. The van der Waals surface area contributed by atoms with Crippen molar-refractivity contribution in [3.8, 4) is 23.1 Å². The number of nitrogens with one attached hydrogen (secondary N) is 1. The number of hydrogen-bond acceptors (Lipinski definition) is 13. The molecule has 4 amide bonds. The molecule has 17 nitrogen and oxygen atoms in total. The largest absolute Gasteiger partial charge is 0.482 e. The zero-order chi connectivity index (χ0) is 44.5. The first-order chi connectivity index (χ1) is 31.0. The third kappa shape index (κ3) is 8.81. The van der Waals surface area contributed by atoms with Gasteiger partial charge in [-0.1, -0.05) is 12.1 Å². The van der Waals surface area contributed by atoms with E-state index in [2.05, 4.69) is 41.2 Å². The molecule has 0 spiro atoms. The Morgan fingerprint density at radius 1 is 0.922 bits per heavy atom. The van der Waals surface area contributed by atoms with Gasteiger partial charge in [-0.2, -0.15) is 10.4 Å². The average molecular weight is 869 g/mol. The second-order valence-corrected chi connectivity index (χ2v) is 17.0. The molecule has 0 aliphatic carbocycles. The molecule has 1 unspecified atom stereocenters. The maximum Gasteiger partial charge on any atom is 0.262 e. The van der Waals surface area contributed by atoms with Crippen molar-refractivity contribution >= 4 is 35.1 Å². The number of imidazole rings is 1. The topological polar surface area (TPSA) is 201 Å². The van der Waals surface area contributed by atoms with E-state index in [1.807, 2.05) is 27.7 Å². The number of carbonyl (C=O) groups excluding carboxylic acids is 4. The number of carbonyl (C=O) groups is 4. The van der Waals surface area contributed by atoms with Crippen LogP contribution in [0.25, 0.3) is 11.3 Å². The summed E-state index contributed by atoms with van der Waals surface area (Å²) in [6.07, 6.45) is 8.84. The molecule has 0 bridgehead atoms. The molecule has 64 heavy (non-hydrogen) atoms. The van der Waals surface area contributed by atoms with Crippen LogP contribution in [0, 0.1) is 23.1 Å². The number of aromatic nitrogens is 5. The number of nitrogen functional groups attached to an aromatic ring is 1. The second kappa shape index (κ2) is 18.0. The maximum absolute atomic E-state index is 13.9. The van der Waals surface area contributed by atoms with Gasteiger partial charge in [0.1, 0.15) is 24.0 Å². The maximum atomic E-state index is 13.9. The Kier molecular flexibility index (Phi) is 11.9. The third-order valence-corrected chi connectivity index (χ3v) is 12.8. The van der Waals surface area contributed by atoms with Gasteiger partial charge in [0.2, 0.25) is 11.8 Å². The number of rotatable bonds is 13. The van der Waals surface area contributed by atoms with Crippen molar-refractivity contribution in [2.24, 2.45) is 5.92 Å². The molecule has 3 N–H and O–H groups in total. The number of hydrogen-bond donors (Lipinski definition) is 2. The molecule has 2 aromatic carbocycles. The number of benzene rings is 2. The standard InChI is InChI=1S/C46H49FN12O5/c1-29(32-3-2-4-34(47)19-32)64-40-20-33(24-50-43(40)49)42-38(22-48)51-28-57(42)26-31-23-52-58(27-31)18-17-54-13-15-55(16-14-54)25-30-9-11-56(12-10-30)35-5-6-36-37(21-35)46(63)59(45(36)62)39-7-8-41(60)53-44(39)61/h2-6,19-21,23-24,27-30,39H,7-18,25-26H2,1H3,(H2,49,50)(H,53,60,61)/t29-,39?/m1/s1. The lowest BCUT2D eigenvalue weighted by molar-refractivity contribution is -0.136. The van der Waals surface area contributed by atoms with E-state index in [4.69, 9.17) is 10.5 Å². The minimum Gasteiger partial charge on any atom is -0.482 e. The Morgan fingerprint density at radius 2 is 1.70 bits per heavy atom. The Bertz CT molecular complexity index is 2640. The molecule has 330 valence electrons. The van der Waals surface area contributed by atoms with Gasteiger partial charge in [0.05, 0.1) is 42.4 Å². The van der Waals surface area contributed by atoms with Gasteiger partial charge in [-0.3, -0.25) is 39.0 Å². The quantitative estimate of drug-likeness (QED) is 0.162. The molecule has 0 saturated carbocycles. The van der Waals surface area contributed by atoms with Crippen molar-refractivity contribution in [3.63, 3.8) is 0 Å². The number of piperidine rings is 2. The number of anilines is 2. The van der Waals surface area contributed by atoms with E-state index < -0.39 is 35.8 Å². The highest BCUT2D eigenvalue weighted by Crippen LogP contribution is 2.34. The summed E-state index contributed by atoms with van der Waals surface area (Å²) < 4.78 is 23.8. The number of fused-ring (bicyclic) bond motifs is 1. The molecule has 5 aromatic rings. The molecule has 4 aliphatic rings. The zero-order valence-corrected chi connectivity index (χ0v) is 35.5. The molecular formula is C46H49FN12O5. The fourth-order valence-electron chi connectivity index (χ4n) is 9.22. The van der Waals surface area contributed by atoms with Crippen LogP contribution in [0.4, 0.5) is 15.9 Å². The highest BCUT2D eigenvalue weighted by Gasteiger charge is 2.45. The fraction of sp³-hybridized carbons (Fsp3) is 0.391. The summed E-state index contributed by atoms with van der Waals surface area (Å²) in [5.41, 5.74) is 10.7. The Hall–Kier alpha value is -6.97. The predicted molar refractivity (Wildman–Crippen MR) is 232 cm³/mol. The van der Waals surface area contributed by atoms with Gasteiger partial charge >= 0.3 is 0 Å². The van der Waals surface area contributed by atoms with Crippen molar-refractivity contribution in [2.45, 2.75) is 57.8 Å². The number of halogens is 1. The average Bonchev–Trinajstić information content (AvgIpc) is 4.00. The highest BCUT2D eigenvalue weighted by molar-refractivity contribution is 6.23. The van der Waals surface area contributed by atoms with Crippen LogP contribution in [0.15, 0.2) is 73.4 Å². The van der Waals surface area contributed by atoms with Crippen LogP contribution in [0.1, 0.15) is 76.2 Å². The summed E-state index contributed by atoms with van der Waals surface area (Å²) in [4.78, 5) is 67.6. The monoisotopic (exact) mass is 868 g/mol. The van der Waals surface area contributed by atoms with Crippen LogP contribution in [0.2, 0.25) is 0 Å². The molecule has 4 aliphatic heterocycles. The van der Waals surface area contributed by atoms with E-state index in [0.717, 1.165) is 87.9 Å². The van der Waals surface area contributed by atoms with Crippen molar-refractivity contribution in [3.05, 3.63) is 107 Å². The lowest BCUT2D eigenvalue weighted by Gasteiger charge is -2.39. The number of imide groups is 2. The third-order valence-electron chi connectivity index (χ3n) is 12.8. The Morgan fingerprint density at radius 3 is 2.47 bits per heavy atom. The van der Waals surface area contributed by atoms with Crippen LogP contribution < -0.4 is 20.7 Å². The van der Waals surface area contributed by atoms with Gasteiger partial charge in [-0.25, -0.2) is 14.4 Å². The summed E-state index contributed by atoms with van der Waals surface area (Å²) in [7, 11) is 0. The van der Waals surface area contributed by atoms with Gasteiger partial charge in [0, 0.05) is 88.0 Å². The first-order valence-corrected chi connectivity index (χ1v) is 21.7. The molecule has 3 aromatic heterocycles. The number of nitriles is 1. The smallest absolute Gasteiger partial charge is 0.262 e. The molecule has 18 heteroatoms. The van der Waals surface area contributed by atoms with Crippen molar-refractivity contribution < 1.29 is 28.3 Å². The highest BCUT2D eigenvalue weighted by atomic mass is 19.1. The van der Waals surface area contributed by atoms with E-state index in [0.29, 0.717) is 46.2 Å². The van der Waals surface area contributed by atoms with Crippen molar-refractivity contribution in [1.29, 1.82) is 5.26 Å². The normalized spacial score (nSPS) is 19.2. The van der Waals surface area contributed by atoms with Gasteiger partial charge in [0.15, 0.2) is 17.3 Å². The van der Waals surface area contributed by atoms with Crippen LogP contribution in [0.3, 0.4) is 0 Å². The number of pyridine rings is 1. The van der Waals surface area contributed by atoms with E-state index >= 15 is 0 Å². The zero-order valence-electron chi connectivity index (χ0n) is 35.5. The van der Waals surface area contributed by atoms with Crippen molar-refractivity contribution in [2.75, 3.05) is 63.0 Å². The van der Waals surface area contributed by atoms with E-state index in [9.17, 15) is 28.8 Å². The summed E-state index contributed by atoms with van der Waals surface area (Å²) in [5.74, 6) is -1.28. The summed E-state index contributed by atoms with van der Waals surface area (Å²) >= 11 is 0. The minimum absolute atomic E-state index is 0.0888. The molecule has 2 atom stereocenters. The predicted octanol–water partition coefficient (Wildman–Crippen LogP) is 3.86. The number of nitrogens with two attached hydrogens (primary N) is 1. The van der Waals surface area contributed by atoms with Crippen LogP contribution in [-0.4, -0.2) is 121 Å². The molecular weight excluding hydrogens is 820 g/mol. The van der Waals surface area contributed by atoms with Crippen LogP contribution >= 0.6 is 0 Å². The van der Waals surface area contributed by atoms with Gasteiger partial charge in [-0.15, -0.1) is 0 Å². The number of nitrogens with zero attached hydrogens (tertiary/aromatic N) is 10. The molecule has 9 rings (SSSR count). The second-order valence-electron chi connectivity index (χ2n) is 17.0. The lowest BCUT2D eigenvalue weighted by Crippen LogP contribution is -2.54. The summed E-state index contributed by atoms with van der Waals surface area (Å²) in [6.45, 7) is 10.5. The number of ether oxygens (including phenoxy) is 1. The molecule has 0 radical (unpaired) electrons. The number of amides is 4. The van der Waals surface area contributed by atoms with Gasteiger partial charge < -0.3 is 24.8 Å². The van der Waals surface area contributed by atoms with E-state index in [1.54, 1.807) is 49.8 Å². The van der Waals surface area contributed by atoms with Crippen LogP contribution in [0.5, 0.6) is 5.75 Å². The molecule has 3 fully saturated rings. The fourth-order valence-corrected chi connectivity index (χ4v) is 9.22. The first-order valence-electron chi connectivity index (χ1n) is 21.7. The summed E-state index contributed by atoms with van der Waals surface area (Å²) in [5, 5.41) is 16.8. The van der Waals surface area contributed by atoms with E-state index in [-0.39, 0.29) is 30.2 Å².